The predicted octanol–water partition coefficient (Wildman–Crippen LogP) is 7.78. The maximum Gasteiger partial charge on any atom is 0.307 e. The van der Waals surface area contributed by atoms with Gasteiger partial charge in [0.2, 0.25) is 0 Å². The van der Waals surface area contributed by atoms with E-state index in [1.165, 1.54) is 11.1 Å². The molecule has 0 saturated heterocycles. The molecule has 6 rings (SSSR count). The number of carbonyl (C=O) groups is 2. The molecule has 2 atom stereocenters. The minimum absolute atomic E-state index is 0.0112. The number of fused-ring (bicyclic) bond motifs is 2. The van der Waals surface area contributed by atoms with Gasteiger partial charge in [0.1, 0.15) is 0 Å². The fourth-order valence-electron chi connectivity index (χ4n) is 9.00. The van der Waals surface area contributed by atoms with Crippen LogP contribution in [0, 0.1) is 0 Å². The minimum atomic E-state index is -0.234. The van der Waals surface area contributed by atoms with Crippen molar-refractivity contribution < 1.29 is 57.0 Å². The van der Waals surface area contributed by atoms with E-state index in [0.717, 1.165) is 54.6 Å². The number of carbonyl (C=O) groups excluding carboxylic acids is 2. The first-order chi connectivity index (χ1) is 31.7. The van der Waals surface area contributed by atoms with Gasteiger partial charge in [-0.2, -0.15) is 0 Å². The smallest absolute Gasteiger partial charge is 0.307 e. The number of hydrogen-bond acceptors (Lipinski definition) is 14. The monoisotopic (exact) mass is 898 g/mol. The molecule has 0 bridgehead atoms. The molecule has 0 radical (unpaired) electrons. The van der Waals surface area contributed by atoms with E-state index in [1.807, 2.05) is 36.4 Å². The molecule has 2 aliphatic rings. The van der Waals surface area contributed by atoms with Gasteiger partial charge in [0.05, 0.1) is 82.9 Å². The van der Waals surface area contributed by atoms with Crippen LogP contribution in [0.25, 0.3) is 0 Å². The van der Waals surface area contributed by atoms with Crippen molar-refractivity contribution in [2.24, 2.45) is 0 Å². The topological polar surface area (TPSA) is 133 Å². The average molecular weight is 899 g/mol. The number of nitrogens with zero attached hydrogens (tertiary/aromatic N) is 2. The van der Waals surface area contributed by atoms with Crippen LogP contribution in [0.4, 0.5) is 0 Å². The molecule has 0 fully saturated rings. The van der Waals surface area contributed by atoms with Crippen molar-refractivity contribution in [3.63, 3.8) is 0 Å². The number of ether oxygens (including phenoxy) is 10. The molecule has 0 amide bonds. The first kappa shape index (κ1) is 48.6. The summed E-state index contributed by atoms with van der Waals surface area (Å²) in [4.78, 5) is 30.7. The van der Waals surface area contributed by atoms with Gasteiger partial charge in [-0.1, -0.05) is 12.1 Å². The molecule has 4 aromatic rings. The fraction of sp³-hybridized carbons (Fsp3) is 0.490. The number of esters is 2. The van der Waals surface area contributed by atoms with Crippen LogP contribution in [0.5, 0.6) is 46.0 Å². The zero-order valence-corrected chi connectivity index (χ0v) is 39.3. The summed E-state index contributed by atoms with van der Waals surface area (Å²) in [5.41, 5.74) is 6.86. The standard InChI is InChI=1S/C51H66N2O12/c1-56-42-14-12-34(28-44(42)58-3)26-40-38-32-48(62-7)46(60-5)30-36(38)16-20-52(40)22-18-50(54)64-24-10-9-11-25-65-51(55)19-23-53-21-17-37-31-47(61-6)49(63-8)33-39(37)41(53)27-35-13-15-43(57-2)45(29-35)59-4/h12-15,28-33,40-41H,9-11,16-27H2,1-8H3. The molecule has 0 spiro atoms. The largest absolute Gasteiger partial charge is 0.493 e. The zero-order valence-electron chi connectivity index (χ0n) is 39.3. The Hall–Kier alpha value is -5.86. The molecule has 0 aliphatic carbocycles. The summed E-state index contributed by atoms with van der Waals surface area (Å²) in [6, 6.07) is 20.2. The lowest BCUT2D eigenvalue weighted by Crippen LogP contribution is -2.38. The van der Waals surface area contributed by atoms with Crippen LogP contribution in [0.3, 0.4) is 0 Å². The molecule has 65 heavy (non-hydrogen) atoms. The van der Waals surface area contributed by atoms with Crippen molar-refractivity contribution in [1.29, 1.82) is 0 Å². The summed E-state index contributed by atoms with van der Waals surface area (Å²) < 4.78 is 56.1. The summed E-state index contributed by atoms with van der Waals surface area (Å²) in [7, 11) is 13.1. The van der Waals surface area contributed by atoms with Gasteiger partial charge in [-0.3, -0.25) is 19.4 Å². The summed E-state index contributed by atoms with van der Waals surface area (Å²) in [5.74, 6) is 4.96. The van der Waals surface area contributed by atoms with E-state index in [-0.39, 0.29) is 36.9 Å². The molecule has 0 aromatic heterocycles. The highest BCUT2D eigenvalue weighted by atomic mass is 16.5. The van der Waals surface area contributed by atoms with Crippen LogP contribution in [0.15, 0.2) is 60.7 Å². The number of hydrogen-bond donors (Lipinski definition) is 0. The molecule has 2 heterocycles. The molecule has 2 aliphatic heterocycles. The predicted molar refractivity (Wildman–Crippen MR) is 247 cm³/mol. The van der Waals surface area contributed by atoms with Crippen molar-refractivity contribution in [2.45, 2.75) is 69.9 Å². The van der Waals surface area contributed by atoms with E-state index in [9.17, 15) is 9.59 Å². The van der Waals surface area contributed by atoms with Gasteiger partial charge in [0.25, 0.3) is 0 Å². The van der Waals surface area contributed by atoms with Gasteiger partial charge in [0.15, 0.2) is 46.0 Å². The molecular weight excluding hydrogens is 833 g/mol. The first-order valence-corrected chi connectivity index (χ1v) is 22.4. The second kappa shape index (κ2) is 23.9. The summed E-state index contributed by atoms with van der Waals surface area (Å²) in [6.45, 7) is 3.29. The molecular formula is C51H66N2O12. The average Bonchev–Trinajstić information content (AvgIpc) is 3.34. The fourth-order valence-corrected chi connectivity index (χ4v) is 9.00. The second-order valence-electron chi connectivity index (χ2n) is 16.2. The zero-order chi connectivity index (χ0) is 46.3. The summed E-state index contributed by atoms with van der Waals surface area (Å²) >= 11 is 0. The lowest BCUT2D eigenvalue weighted by Gasteiger charge is -2.38. The lowest BCUT2D eigenvalue weighted by molar-refractivity contribution is -0.144. The number of unbranched alkanes of at least 4 members (excludes halogenated alkanes) is 2. The molecule has 14 nitrogen and oxygen atoms in total. The highest BCUT2D eigenvalue weighted by Gasteiger charge is 2.32. The van der Waals surface area contributed by atoms with Crippen LogP contribution in [0.2, 0.25) is 0 Å². The highest BCUT2D eigenvalue weighted by Crippen LogP contribution is 2.42. The maximum absolute atomic E-state index is 13.0. The van der Waals surface area contributed by atoms with Crippen molar-refractivity contribution in [3.05, 3.63) is 94.0 Å². The molecule has 352 valence electrons. The van der Waals surface area contributed by atoms with E-state index >= 15 is 0 Å². The van der Waals surface area contributed by atoms with Crippen molar-refractivity contribution >= 4 is 11.9 Å². The van der Waals surface area contributed by atoms with Crippen LogP contribution in [0.1, 0.15) is 77.6 Å². The highest BCUT2D eigenvalue weighted by molar-refractivity contribution is 5.70. The quantitative estimate of drug-likeness (QED) is 0.0501. The van der Waals surface area contributed by atoms with Crippen molar-refractivity contribution in [3.8, 4) is 46.0 Å². The molecule has 4 aromatic carbocycles. The Morgan fingerprint density at radius 2 is 0.815 bits per heavy atom. The van der Waals surface area contributed by atoms with E-state index in [0.29, 0.717) is 98.0 Å². The normalized spacial score (nSPS) is 15.8. The molecule has 2 unspecified atom stereocenters. The third-order valence-electron chi connectivity index (χ3n) is 12.5. The van der Waals surface area contributed by atoms with Gasteiger partial charge in [-0.25, -0.2) is 0 Å². The third-order valence-corrected chi connectivity index (χ3v) is 12.5. The van der Waals surface area contributed by atoms with E-state index < -0.39 is 0 Å². The Labute approximate surface area is 383 Å². The molecule has 14 heteroatoms. The van der Waals surface area contributed by atoms with Gasteiger partial charge in [0, 0.05) is 38.3 Å². The van der Waals surface area contributed by atoms with Crippen molar-refractivity contribution in [1.82, 2.24) is 9.80 Å². The second-order valence-corrected chi connectivity index (χ2v) is 16.2. The van der Waals surface area contributed by atoms with Crippen LogP contribution < -0.4 is 37.9 Å². The Bertz CT molecular complexity index is 2060. The van der Waals surface area contributed by atoms with Gasteiger partial charge < -0.3 is 47.4 Å². The minimum Gasteiger partial charge on any atom is -0.493 e. The Balaban J connectivity index is 0.957. The van der Waals surface area contributed by atoms with E-state index in [4.69, 9.17) is 47.4 Å². The Kier molecular flexibility index (Phi) is 17.9. The maximum atomic E-state index is 13.0. The molecule has 0 N–H and O–H groups in total. The Morgan fingerprint density at radius 3 is 1.18 bits per heavy atom. The summed E-state index contributed by atoms with van der Waals surface area (Å²) in [6.07, 6.45) is 5.69. The Morgan fingerprint density at radius 1 is 0.462 bits per heavy atom. The molecule has 0 saturated carbocycles. The van der Waals surface area contributed by atoms with Gasteiger partial charge in [-0.15, -0.1) is 0 Å². The first-order valence-electron chi connectivity index (χ1n) is 22.4. The van der Waals surface area contributed by atoms with Gasteiger partial charge in [-0.05, 0) is 127 Å². The number of rotatable bonds is 24. The lowest BCUT2D eigenvalue weighted by atomic mass is 9.88. The van der Waals surface area contributed by atoms with Crippen LogP contribution in [-0.4, -0.2) is 118 Å². The SMILES string of the molecule is COc1ccc(CC2c3cc(OC)c(OC)cc3CCN2CCC(=O)OCCCCCOC(=O)CCN2CCc3cc(OC)c(OC)cc3C2Cc2ccc(OC)c(OC)c2)cc1OC. The van der Waals surface area contributed by atoms with E-state index in [1.54, 1.807) is 56.9 Å². The third kappa shape index (κ3) is 12.3. The van der Waals surface area contributed by atoms with Crippen LogP contribution >= 0.6 is 0 Å². The van der Waals surface area contributed by atoms with E-state index in [2.05, 4.69) is 34.1 Å². The van der Waals surface area contributed by atoms with Gasteiger partial charge >= 0.3 is 11.9 Å². The number of benzene rings is 4. The summed E-state index contributed by atoms with van der Waals surface area (Å²) in [5, 5.41) is 0. The van der Waals surface area contributed by atoms with Crippen molar-refractivity contribution in [2.75, 3.05) is 96.3 Å². The van der Waals surface area contributed by atoms with Crippen LogP contribution in [-0.2, 0) is 44.7 Å². The number of methoxy groups -OCH3 is 8.